The van der Waals surface area contributed by atoms with Crippen molar-refractivity contribution in [1.82, 2.24) is 0 Å². The Morgan fingerprint density at radius 1 is 0.971 bits per heavy atom. The number of nitrogens with one attached hydrogen (secondary N) is 1. The van der Waals surface area contributed by atoms with E-state index >= 15 is 0 Å². The number of benzene rings is 3. The SMILES string of the molecule is O=C(O)COc1ccc(Cc2ccc(CNc3ccc(C(F)(F)F)cc3)cc2Cl)c2c1CCCC2. The molecule has 0 unspecified atom stereocenters. The zero-order valence-corrected chi connectivity index (χ0v) is 19.7. The zero-order chi connectivity index (χ0) is 25.0. The van der Waals surface area contributed by atoms with Gasteiger partial charge in [0.15, 0.2) is 6.61 Å². The van der Waals surface area contributed by atoms with Crippen molar-refractivity contribution in [2.75, 3.05) is 11.9 Å². The minimum atomic E-state index is -4.35. The van der Waals surface area contributed by atoms with E-state index in [0.29, 0.717) is 29.4 Å². The molecule has 8 heteroatoms. The molecule has 0 aliphatic heterocycles. The third-order valence-electron chi connectivity index (χ3n) is 6.15. The summed E-state index contributed by atoms with van der Waals surface area (Å²) in [6, 6.07) is 14.5. The summed E-state index contributed by atoms with van der Waals surface area (Å²) in [5, 5.41) is 12.7. The zero-order valence-electron chi connectivity index (χ0n) is 18.9. The van der Waals surface area contributed by atoms with Gasteiger partial charge in [0.2, 0.25) is 0 Å². The number of hydrogen-bond acceptors (Lipinski definition) is 3. The number of carbonyl (C=O) groups is 1. The van der Waals surface area contributed by atoms with Gasteiger partial charge in [-0.25, -0.2) is 4.79 Å². The summed E-state index contributed by atoms with van der Waals surface area (Å²) in [5.41, 5.74) is 5.25. The molecule has 0 amide bonds. The minimum absolute atomic E-state index is 0.362. The van der Waals surface area contributed by atoms with Crippen LogP contribution in [0.4, 0.5) is 18.9 Å². The fourth-order valence-corrected chi connectivity index (χ4v) is 4.65. The molecule has 0 saturated heterocycles. The van der Waals surface area contributed by atoms with Crippen molar-refractivity contribution in [3.63, 3.8) is 0 Å². The van der Waals surface area contributed by atoms with Gasteiger partial charge in [0.1, 0.15) is 5.75 Å². The smallest absolute Gasteiger partial charge is 0.416 e. The fourth-order valence-electron chi connectivity index (χ4n) is 4.38. The predicted octanol–water partition coefficient (Wildman–Crippen LogP) is 6.90. The van der Waals surface area contributed by atoms with Crippen LogP contribution in [0.15, 0.2) is 54.6 Å². The highest BCUT2D eigenvalue weighted by atomic mass is 35.5. The average molecular weight is 504 g/mol. The van der Waals surface area contributed by atoms with Crippen molar-refractivity contribution in [1.29, 1.82) is 0 Å². The Hall–Kier alpha value is -3.19. The van der Waals surface area contributed by atoms with Gasteiger partial charge in [0.05, 0.1) is 5.56 Å². The van der Waals surface area contributed by atoms with E-state index in [-0.39, 0.29) is 6.61 Å². The summed E-state index contributed by atoms with van der Waals surface area (Å²) in [7, 11) is 0. The molecule has 1 aliphatic carbocycles. The second kappa shape index (κ2) is 10.6. The van der Waals surface area contributed by atoms with Crippen LogP contribution < -0.4 is 10.1 Å². The molecule has 0 saturated carbocycles. The lowest BCUT2D eigenvalue weighted by atomic mass is 9.85. The highest BCUT2D eigenvalue weighted by Crippen LogP contribution is 2.34. The van der Waals surface area contributed by atoms with E-state index in [4.69, 9.17) is 21.4 Å². The molecule has 4 rings (SSSR count). The molecular weight excluding hydrogens is 479 g/mol. The van der Waals surface area contributed by atoms with Crippen molar-refractivity contribution in [3.05, 3.63) is 93.0 Å². The Morgan fingerprint density at radius 2 is 1.66 bits per heavy atom. The monoisotopic (exact) mass is 503 g/mol. The second-order valence-corrected chi connectivity index (χ2v) is 9.01. The quantitative estimate of drug-likeness (QED) is 0.351. The summed E-state index contributed by atoms with van der Waals surface area (Å²) in [5.74, 6) is -0.361. The number of carboxylic acids is 1. The maximum Gasteiger partial charge on any atom is 0.416 e. The Labute approximate surface area is 206 Å². The lowest BCUT2D eigenvalue weighted by molar-refractivity contribution is -0.139. The lowest BCUT2D eigenvalue weighted by Gasteiger charge is -2.23. The van der Waals surface area contributed by atoms with Crippen LogP contribution in [0.3, 0.4) is 0 Å². The first kappa shape index (κ1) is 24.9. The highest BCUT2D eigenvalue weighted by molar-refractivity contribution is 6.31. The number of aliphatic carboxylic acids is 1. The van der Waals surface area contributed by atoms with Gasteiger partial charge in [-0.3, -0.25) is 0 Å². The van der Waals surface area contributed by atoms with Crippen LogP contribution in [-0.4, -0.2) is 17.7 Å². The third-order valence-corrected chi connectivity index (χ3v) is 6.50. The second-order valence-electron chi connectivity index (χ2n) is 8.60. The van der Waals surface area contributed by atoms with Crippen LogP contribution in [0, 0.1) is 0 Å². The number of halogens is 4. The number of anilines is 1. The van der Waals surface area contributed by atoms with Crippen molar-refractivity contribution in [3.8, 4) is 5.75 Å². The van der Waals surface area contributed by atoms with E-state index < -0.39 is 17.7 Å². The summed E-state index contributed by atoms with van der Waals surface area (Å²) in [6.45, 7) is 0.0654. The maximum atomic E-state index is 12.7. The van der Waals surface area contributed by atoms with Crippen LogP contribution in [-0.2, 0) is 36.8 Å². The molecule has 3 aromatic rings. The van der Waals surface area contributed by atoms with Gasteiger partial charge in [-0.1, -0.05) is 29.8 Å². The molecule has 0 atom stereocenters. The molecule has 0 aromatic heterocycles. The van der Waals surface area contributed by atoms with Gasteiger partial charge in [-0.15, -0.1) is 0 Å². The molecule has 0 radical (unpaired) electrons. The predicted molar refractivity (Wildman–Crippen MR) is 129 cm³/mol. The lowest BCUT2D eigenvalue weighted by Crippen LogP contribution is -2.14. The molecule has 1 aliphatic rings. The Morgan fingerprint density at radius 3 is 2.31 bits per heavy atom. The van der Waals surface area contributed by atoms with Crippen LogP contribution in [0.1, 0.15) is 46.2 Å². The van der Waals surface area contributed by atoms with Crippen LogP contribution in [0.25, 0.3) is 0 Å². The topological polar surface area (TPSA) is 58.6 Å². The first-order valence-corrected chi connectivity index (χ1v) is 11.7. The van der Waals surface area contributed by atoms with E-state index in [1.54, 1.807) is 0 Å². The van der Waals surface area contributed by atoms with Crippen LogP contribution >= 0.6 is 11.6 Å². The van der Waals surface area contributed by atoms with Crippen LogP contribution in [0.2, 0.25) is 5.02 Å². The largest absolute Gasteiger partial charge is 0.482 e. The van der Waals surface area contributed by atoms with Gasteiger partial charge in [-0.05, 0) is 96.3 Å². The summed E-state index contributed by atoms with van der Waals surface area (Å²) in [6.07, 6.45) is 0.188. The Balaban J connectivity index is 1.45. The summed E-state index contributed by atoms with van der Waals surface area (Å²) >= 11 is 6.59. The van der Waals surface area contributed by atoms with Crippen molar-refractivity contribution < 1.29 is 27.8 Å². The van der Waals surface area contributed by atoms with E-state index in [9.17, 15) is 18.0 Å². The molecule has 3 aromatic carbocycles. The Kier molecular flexibility index (Phi) is 7.55. The molecule has 2 N–H and O–H groups in total. The summed E-state index contributed by atoms with van der Waals surface area (Å²) in [4.78, 5) is 10.9. The van der Waals surface area contributed by atoms with E-state index in [1.807, 2.05) is 30.3 Å². The molecule has 35 heavy (non-hydrogen) atoms. The molecule has 184 valence electrons. The molecule has 0 heterocycles. The van der Waals surface area contributed by atoms with Crippen molar-refractivity contribution in [2.45, 2.75) is 44.8 Å². The van der Waals surface area contributed by atoms with Gasteiger partial charge in [0, 0.05) is 17.3 Å². The number of hydrogen-bond donors (Lipinski definition) is 2. The first-order chi connectivity index (χ1) is 16.7. The third kappa shape index (κ3) is 6.28. The van der Waals surface area contributed by atoms with E-state index in [0.717, 1.165) is 60.1 Å². The van der Waals surface area contributed by atoms with E-state index in [2.05, 4.69) is 5.32 Å². The number of fused-ring (bicyclic) bond motifs is 1. The van der Waals surface area contributed by atoms with Crippen molar-refractivity contribution in [2.24, 2.45) is 0 Å². The number of ether oxygens (including phenoxy) is 1. The average Bonchev–Trinajstić information content (AvgIpc) is 2.83. The standard InChI is InChI=1S/C27H25ClF3NO3/c28-24-13-17(15-32-21-10-8-20(9-11-21)27(29,30)31)5-6-19(24)14-18-7-12-25(35-16-26(33)34)23-4-2-1-3-22(18)23/h5-13,32H,1-4,14-16H2,(H,33,34). The fraction of sp³-hybridized carbons (Fsp3) is 0.296. The molecule has 4 nitrogen and oxygen atoms in total. The normalized spacial score (nSPS) is 13.3. The number of rotatable bonds is 8. The molecular formula is C27H25ClF3NO3. The molecule has 0 spiro atoms. The van der Waals surface area contributed by atoms with Gasteiger partial charge >= 0.3 is 12.1 Å². The maximum absolute atomic E-state index is 12.7. The van der Waals surface area contributed by atoms with Gasteiger partial charge in [0.25, 0.3) is 0 Å². The van der Waals surface area contributed by atoms with Crippen molar-refractivity contribution >= 4 is 23.3 Å². The van der Waals surface area contributed by atoms with E-state index in [1.165, 1.54) is 17.7 Å². The van der Waals surface area contributed by atoms with Crippen LogP contribution in [0.5, 0.6) is 5.75 Å². The van der Waals surface area contributed by atoms with Gasteiger partial charge < -0.3 is 15.2 Å². The first-order valence-electron chi connectivity index (χ1n) is 11.4. The Bertz CT molecular complexity index is 1210. The molecule has 0 fully saturated rings. The number of alkyl halides is 3. The summed E-state index contributed by atoms with van der Waals surface area (Å²) < 4.78 is 43.7. The highest BCUT2D eigenvalue weighted by Gasteiger charge is 2.29. The number of carboxylic acid groups (broad SMARTS) is 1. The molecule has 0 bridgehead atoms. The minimum Gasteiger partial charge on any atom is -0.482 e. The van der Waals surface area contributed by atoms with Gasteiger partial charge in [-0.2, -0.15) is 13.2 Å².